The van der Waals surface area contributed by atoms with Crippen molar-refractivity contribution in [1.29, 1.82) is 0 Å². The number of ether oxygens (including phenoxy) is 1. The number of amides is 2. The highest BCUT2D eigenvalue weighted by Gasteiger charge is 2.30. The fourth-order valence-corrected chi connectivity index (χ4v) is 6.10. The van der Waals surface area contributed by atoms with Crippen molar-refractivity contribution in [2.75, 3.05) is 11.9 Å². The molecule has 2 N–H and O–H groups in total. The molecule has 0 unspecified atom stereocenters. The lowest BCUT2D eigenvalue weighted by molar-refractivity contribution is -0.117. The van der Waals surface area contributed by atoms with Gasteiger partial charge in [0.15, 0.2) is 0 Å². The molecular weight excluding hydrogens is 625 g/mol. The number of aryl methyl sites for hydroxylation is 1. The molecule has 2 amide bonds. The highest BCUT2D eigenvalue weighted by Crippen LogP contribution is 2.32. The van der Waals surface area contributed by atoms with E-state index >= 15 is 4.39 Å². The molecule has 236 valence electrons. The number of halogens is 2. The van der Waals surface area contributed by atoms with Crippen LogP contribution in [0.4, 0.5) is 14.9 Å². The molecular formula is C31H31ClFN5O6S. The van der Waals surface area contributed by atoms with E-state index in [9.17, 15) is 22.8 Å². The van der Waals surface area contributed by atoms with Gasteiger partial charge in [-0.2, -0.15) is 4.68 Å². The van der Waals surface area contributed by atoms with Crippen LogP contribution in [0.3, 0.4) is 0 Å². The van der Waals surface area contributed by atoms with E-state index < -0.39 is 27.6 Å². The Balaban J connectivity index is 1.46. The molecule has 1 fully saturated rings. The van der Waals surface area contributed by atoms with Crippen molar-refractivity contribution in [3.8, 4) is 16.8 Å². The SMILES string of the molecule is CCCc1nn(-c2cc(NC(=O)C3CC3)ccc2Cl)c(=O)n1Cc1ccc(-c2ccccc2S(=O)(=O)NC(=O)OCC)cc1F. The van der Waals surface area contributed by atoms with Gasteiger partial charge in [0.25, 0.3) is 10.0 Å². The summed E-state index contributed by atoms with van der Waals surface area (Å²) in [5.41, 5.74) is 0.785. The van der Waals surface area contributed by atoms with Crippen LogP contribution in [0.5, 0.6) is 0 Å². The zero-order chi connectivity index (χ0) is 32.3. The van der Waals surface area contributed by atoms with Gasteiger partial charge in [-0.15, -0.1) is 5.10 Å². The average Bonchev–Trinajstić information content (AvgIpc) is 3.81. The molecule has 3 aromatic carbocycles. The zero-order valence-electron chi connectivity index (χ0n) is 24.5. The lowest BCUT2D eigenvalue weighted by atomic mass is 10.0. The second-order valence-electron chi connectivity index (χ2n) is 10.5. The van der Waals surface area contributed by atoms with Crippen LogP contribution in [0.2, 0.25) is 5.02 Å². The van der Waals surface area contributed by atoms with Gasteiger partial charge in [-0.3, -0.25) is 9.36 Å². The number of sulfonamides is 1. The summed E-state index contributed by atoms with van der Waals surface area (Å²) >= 11 is 6.45. The van der Waals surface area contributed by atoms with Crippen molar-refractivity contribution in [1.82, 2.24) is 19.1 Å². The van der Waals surface area contributed by atoms with E-state index in [-0.39, 0.29) is 57.3 Å². The quantitative estimate of drug-likeness (QED) is 0.224. The number of nitrogens with zero attached hydrogens (tertiary/aromatic N) is 3. The van der Waals surface area contributed by atoms with Crippen molar-refractivity contribution in [3.63, 3.8) is 0 Å². The average molecular weight is 656 g/mol. The first kappa shape index (κ1) is 31.9. The molecule has 1 heterocycles. The molecule has 0 bridgehead atoms. The summed E-state index contributed by atoms with van der Waals surface area (Å²) in [4.78, 5) is 37.5. The summed E-state index contributed by atoms with van der Waals surface area (Å²) in [7, 11) is -4.33. The molecule has 14 heteroatoms. The molecule has 5 rings (SSSR count). The Hall–Kier alpha value is -4.49. The number of anilines is 1. The van der Waals surface area contributed by atoms with E-state index in [0.717, 1.165) is 17.5 Å². The van der Waals surface area contributed by atoms with Crippen molar-refractivity contribution in [2.45, 2.75) is 51.0 Å². The molecule has 11 nitrogen and oxygen atoms in total. The summed E-state index contributed by atoms with van der Waals surface area (Å²) in [6.07, 6.45) is 1.64. The van der Waals surface area contributed by atoms with Crippen LogP contribution >= 0.6 is 11.6 Å². The van der Waals surface area contributed by atoms with Gasteiger partial charge in [-0.25, -0.2) is 27.1 Å². The van der Waals surface area contributed by atoms with Crippen LogP contribution in [0.1, 0.15) is 44.5 Å². The fourth-order valence-electron chi connectivity index (χ4n) is 4.78. The summed E-state index contributed by atoms with van der Waals surface area (Å²) in [6, 6.07) is 14.8. The van der Waals surface area contributed by atoms with Gasteiger partial charge < -0.3 is 10.1 Å². The van der Waals surface area contributed by atoms with Crippen molar-refractivity contribution < 1.29 is 27.1 Å². The van der Waals surface area contributed by atoms with Gasteiger partial charge in [-0.05, 0) is 62.1 Å². The number of carbonyl (C=O) groups excluding carboxylic acids is 2. The Morgan fingerprint density at radius 3 is 2.53 bits per heavy atom. The molecule has 45 heavy (non-hydrogen) atoms. The Labute approximate surface area is 264 Å². The maximum Gasteiger partial charge on any atom is 0.421 e. The topological polar surface area (TPSA) is 141 Å². The number of rotatable bonds is 11. The van der Waals surface area contributed by atoms with Gasteiger partial charge in [0.05, 0.1) is 28.8 Å². The van der Waals surface area contributed by atoms with Crippen LogP contribution < -0.4 is 15.7 Å². The van der Waals surface area contributed by atoms with E-state index in [4.69, 9.17) is 16.3 Å². The molecule has 0 saturated heterocycles. The van der Waals surface area contributed by atoms with E-state index in [1.165, 1.54) is 41.0 Å². The number of carbonyl (C=O) groups is 2. The van der Waals surface area contributed by atoms with Gasteiger partial charge in [0.1, 0.15) is 11.6 Å². The molecule has 1 aliphatic rings. The minimum atomic E-state index is -4.33. The standard InChI is InChI=1S/C31H31ClFN5O6S/c1-3-7-28-35-38(26-17-22(14-15-24(26)32)34-29(39)19-10-11-19)31(41)37(28)18-21-13-12-20(16-25(21)33)23-8-5-6-9-27(23)45(42,43)36-30(40)44-4-2/h5-6,8-9,12-17,19H,3-4,7,10-11,18H2,1-2H3,(H,34,39)(H,36,40). The summed E-state index contributed by atoms with van der Waals surface area (Å²) in [5.74, 6) is -0.371. The third-order valence-electron chi connectivity index (χ3n) is 7.16. The Morgan fingerprint density at radius 2 is 1.84 bits per heavy atom. The lowest BCUT2D eigenvalue weighted by Gasteiger charge is -2.13. The first-order chi connectivity index (χ1) is 21.5. The third-order valence-corrected chi connectivity index (χ3v) is 8.85. The highest BCUT2D eigenvalue weighted by atomic mass is 35.5. The molecule has 0 radical (unpaired) electrons. The number of aromatic nitrogens is 3. The van der Waals surface area contributed by atoms with Gasteiger partial charge in [-0.1, -0.05) is 48.9 Å². The van der Waals surface area contributed by atoms with Crippen LogP contribution in [0.25, 0.3) is 16.8 Å². The largest absolute Gasteiger partial charge is 0.449 e. The van der Waals surface area contributed by atoms with Gasteiger partial charge in [0, 0.05) is 29.2 Å². The second-order valence-corrected chi connectivity index (χ2v) is 12.6. The highest BCUT2D eigenvalue weighted by molar-refractivity contribution is 7.90. The van der Waals surface area contributed by atoms with Gasteiger partial charge >= 0.3 is 11.8 Å². The zero-order valence-corrected chi connectivity index (χ0v) is 26.1. The monoisotopic (exact) mass is 655 g/mol. The van der Waals surface area contributed by atoms with Crippen LogP contribution in [0, 0.1) is 11.7 Å². The molecule has 1 saturated carbocycles. The molecule has 0 aliphatic heterocycles. The molecule has 4 aromatic rings. The van der Waals surface area contributed by atoms with Crippen LogP contribution in [-0.4, -0.2) is 41.4 Å². The van der Waals surface area contributed by atoms with E-state index in [1.54, 1.807) is 31.2 Å². The van der Waals surface area contributed by atoms with E-state index in [2.05, 4.69) is 10.4 Å². The molecule has 1 aromatic heterocycles. The maximum absolute atomic E-state index is 15.6. The Kier molecular flexibility index (Phi) is 9.40. The van der Waals surface area contributed by atoms with Crippen molar-refractivity contribution in [3.05, 3.63) is 93.4 Å². The summed E-state index contributed by atoms with van der Waals surface area (Å²) < 4.78 is 50.5. The summed E-state index contributed by atoms with van der Waals surface area (Å²) in [5, 5.41) is 7.59. The Bertz CT molecular complexity index is 1940. The molecule has 0 atom stereocenters. The van der Waals surface area contributed by atoms with Crippen LogP contribution in [-0.2, 0) is 32.5 Å². The lowest BCUT2D eigenvalue weighted by Crippen LogP contribution is -2.31. The number of hydrogen-bond donors (Lipinski definition) is 2. The van der Waals surface area contributed by atoms with Crippen molar-refractivity contribution in [2.24, 2.45) is 5.92 Å². The first-order valence-corrected chi connectivity index (χ1v) is 16.3. The number of benzene rings is 3. The van der Waals surface area contributed by atoms with E-state index in [1.807, 2.05) is 11.6 Å². The van der Waals surface area contributed by atoms with Crippen LogP contribution in [0.15, 0.2) is 70.4 Å². The fraction of sp³-hybridized carbons (Fsp3) is 0.290. The normalized spacial score (nSPS) is 13.0. The van der Waals surface area contributed by atoms with E-state index in [0.29, 0.717) is 24.4 Å². The maximum atomic E-state index is 15.6. The first-order valence-electron chi connectivity index (χ1n) is 14.4. The number of nitrogens with one attached hydrogen (secondary N) is 2. The second kappa shape index (κ2) is 13.2. The van der Waals surface area contributed by atoms with Gasteiger partial charge in [0.2, 0.25) is 5.91 Å². The molecule has 1 aliphatic carbocycles. The van der Waals surface area contributed by atoms with Crippen molar-refractivity contribution >= 4 is 39.3 Å². The Morgan fingerprint density at radius 1 is 1.09 bits per heavy atom. The smallest absolute Gasteiger partial charge is 0.421 e. The predicted molar refractivity (Wildman–Crippen MR) is 166 cm³/mol. The minimum absolute atomic E-state index is 0.0114. The molecule has 0 spiro atoms. The third kappa shape index (κ3) is 7.10. The summed E-state index contributed by atoms with van der Waals surface area (Å²) in [6.45, 7) is 3.29. The minimum Gasteiger partial charge on any atom is -0.449 e. The number of hydrogen-bond acceptors (Lipinski definition) is 7. The predicted octanol–water partition coefficient (Wildman–Crippen LogP) is 5.28.